The van der Waals surface area contributed by atoms with Crippen molar-refractivity contribution in [2.75, 3.05) is 7.11 Å². The van der Waals surface area contributed by atoms with Crippen LogP contribution >= 0.6 is 0 Å². The molecule has 0 N–H and O–H groups in total. The number of nitrogens with zero attached hydrogens (tertiary/aromatic N) is 1. The van der Waals surface area contributed by atoms with Crippen LogP contribution in [0.2, 0.25) is 0 Å². The molecule has 0 unspecified atom stereocenters. The summed E-state index contributed by atoms with van der Waals surface area (Å²) in [5.74, 6) is 1.00. The number of hydrogen-bond acceptors (Lipinski definition) is 1. The van der Waals surface area contributed by atoms with Gasteiger partial charge in [0, 0.05) is 30.4 Å². The number of hydrogen-bond donors (Lipinski definition) is 0. The maximum atomic E-state index is 5.40. The van der Waals surface area contributed by atoms with Crippen LogP contribution in [-0.4, -0.2) is 11.7 Å². The van der Waals surface area contributed by atoms with E-state index in [1.165, 1.54) is 28.1 Å². The SMILES string of the molecule is COC1=Cc2cc(-c3ccc(C)cc3)n(C)c2C=CC1. The van der Waals surface area contributed by atoms with Crippen molar-refractivity contribution in [3.05, 3.63) is 59.0 Å². The predicted molar refractivity (Wildman–Crippen MR) is 84.2 cm³/mol. The standard InChI is InChI=1S/C18H19NO/c1-13-7-9-14(10-8-13)18-12-15-11-16(20-3)5-4-6-17(15)19(18)2/h4,6-12H,5H2,1-3H3. The first-order valence-electron chi connectivity index (χ1n) is 6.87. The average molecular weight is 265 g/mol. The van der Waals surface area contributed by atoms with Crippen LogP contribution in [0.1, 0.15) is 23.2 Å². The average Bonchev–Trinajstić information content (AvgIpc) is 2.64. The number of benzene rings is 1. The van der Waals surface area contributed by atoms with Gasteiger partial charge in [-0.05, 0) is 30.7 Å². The lowest BCUT2D eigenvalue weighted by atomic mass is 10.1. The molecule has 2 nitrogen and oxygen atoms in total. The van der Waals surface area contributed by atoms with E-state index in [0.717, 1.165) is 12.2 Å². The number of aryl methyl sites for hydroxylation is 1. The molecule has 0 fully saturated rings. The van der Waals surface area contributed by atoms with Gasteiger partial charge in [0.2, 0.25) is 0 Å². The highest BCUT2D eigenvalue weighted by Crippen LogP contribution is 2.30. The van der Waals surface area contributed by atoms with Crippen molar-refractivity contribution in [2.45, 2.75) is 13.3 Å². The zero-order valence-electron chi connectivity index (χ0n) is 12.2. The van der Waals surface area contributed by atoms with Gasteiger partial charge in [-0.1, -0.05) is 35.9 Å². The van der Waals surface area contributed by atoms with Gasteiger partial charge in [0.25, 0.3) is 0 Å². The molecule has 0 saturated heterocycles. The largest absolute Gasteiger partial charge is 0.501 e. The molecule has 2 aromatic rings. The Bertz CT molecular complexity index is 687. The second-order valence-corrected chi connectivity index (χ2v) is 5.22. The third-order valence-electron chi connectivity index (χ3n) is 3.83. The lowest BCUT2D eigenvalue weighted by Gasteiger charge is -2.06. The van der Waals surface area contributed by atoms with E-state index in [1.807, 2.05) is 0 Å². The van der Waals surface area contributed by atoms with Crippen molar-refractivity contribution in [3.63, 3.8) is 0 Å². The molecule has 102 valence electrons. The summed E-state index contributed by atoms with van der Waals surface area (Å²) in [7, 11) is 3.85. The first-order chi connectivity index (χ1) is 9.69. The summed E-state index contributed by atoms with van der Waals surface area (Å²) in [4.78, 5) is 0. The highest BCUT2D eigenvalue weighted by molar-refractivity contribution is 5.74. The van der Waals surface area contributed by atoms with Crippen molar-refractivity contribution in [1.82, 2.24) is 4.57 Å². The molecule has 1 aliphatic rings. The van der Waals surface area contributed by atoms with E-state index >= 15 is 0 Å². The topological polar surface area (TPSA) is 14.2 Å². The smallest absolute Gasteiger partial charge is 0.0999 e. The molecule has 0 amide bonds. The van der Waals surface area contributed by atoms with Gasteiger partial charge in [0.1, 0.15) is 0 Å². The monoisotopic (exact) mass is 265 g/mol. The van der Waals surface area contributed by atoms with Gasteiger partial charge in [0.15, 0.2) is 0 Å². The Hall–Kier alpha value is -2.22. The summed E-state index contributed by atoms with van der Waals surface area (Å²) < 4.78 is 7.64. The van der Waals surface area contributed by atoms with E-state index in [9.17, 15) is 0 Å². The highest BCUT2D eigenvalue weighted by Gasteiger charge is 2.13. The molecule has 0 saturated carbocycles. The third kappa shape index (κ3) is 2.18. The minimum atomic E-state index is 0.852. The Morgan fingerprint density at radius 1 is 1.15 bits per heavy atom. The summed E-state index contributed by atoms with van der Waals surface area (Å²) in [5.41, 5.74) is 6.20. The van der Waals surface area contributed by atoms with Gasteiger partial charge in [-0.2, -0.15) is 0 Å². The zero-order chi connectivity index (χ0) is 14.1. The molecule has 1 aliphatic carbocycles. The van der Waals surface area contributed by atoms with Gasteiger partial charge in [-0.3, -0.25) is 0 Å². The molecule has 0 bridgehead atoms. The fourth-order valence-electron chi connectivity index (χ4n) is 2.63. The number of methoxy groups -OCH3 is 1. The summed E-state index contributed by atoms with van der Waals surface area (Å²) in [6, 6.07) is 10.9. The van der Waals surface area contributed by atoms with Crippen LogP contribution in [0.5, 0.6) is 0 Å². The van der Waals surface area contributed by atoms with Crippen molar-refractivity contribution >= 4 is 12.2 Å². The van der Waals surface area contributed by atoms with E-state index < -0.39 is 0 Å². The van der Waals surface area contributed by atoms with E-state index in [4.69, 9.17) is 4.74 Å². The van der Waals surface area contributed by atoms with Crippen LogP contribution in [0.15, 0.2) is 42.2 Å². The minimum absolute atomic E-state index is 0.852. The van der Waals surface area contributed by atoms with Crippen LogP contribution in [-0.2, 0) is 11.8 Å². The van der Waals surface area contributed by atoms with E-state index in [2.05, 4.69) is 67.1 Å². The van der Waals surface area contributed by atoms with Gasteiger partial charge in [0.05, 0.1) is 12.9 Å². The number of aromatic nitrogens is 1. The fourth-order valence-corrected chi connectivity index (χ4v) is 2.63. The first kappa shape index (κ1) is 12.8. The summed E-state index contributed by atoms with van der Waals surface area (Å²) in [6.07, 6.45) is 7.31. The zero-order valence-corrected chi connectivity index (χ0v) is 12.2. The molecule has 2 heteroatoms. The Morgan fingerprint density at radius 3 is 2.60 bits per heavy atom. The first-order valence-corrected chi connectivity index (χ1v) is 6.87. The Kier molecular flexibility index (Phi) is 3.23. The van der Waals surface area contributed by atoms with Crippen LogP contribution in [0.3, 0.4) is 0 Å². The normalized spacial score (nSPS) is 13.7. The van der Waals surface area contributed by atoms with Crippen LogP contribution in [0.25, 0.3) is 23.4 Å². The number of ether oxygens (including phenoxy) is 1. The van der Waals surface area contributed by atoms with E-state index in [-0.39, 0.29) is 0 Å². The molecule has 3 rings (SSSR count). The Labute approximate surface area is 120 Å². The highest BCUT2D eigenvalue weighted by atomic mass is 16.5. The molecule has 1 aromatic carbocycles. The molecule has 0 aliphatic heterocycles. The molecular formula is C18H19NO. The number of rotatable bonds is 2. The molecule has 0 radical (unpaired) electrons. The lowest BCUT2D eigenvalue weighted by molar-refractivity contribution is 0.289. The van der Waals surface area contributed by atoms with Crippen molar-refractivity contribution < 1.29 is 4.74 Å². The van der Waals surface area contributed by atoms with E-state index in [1.54, 1.807) is 7.11 Å². The minimum Gasteiger partial charge on any atom is -0.501 e. The van der Waals surface area contributed by atoms with Crippen LogP contribution < -0.4 is 0 Å². The summed E-state index contributed by atoms with van der Waals surface area (Å²) in [6.45, 7) is 2.11. The van der Waals surface area contributed by atoms with Gasteiger partial charge in [-0.15, -0.1) is 0 Å². The number of fused-ring (bicyclic) bond motifs is 1. The Balaban J connectivity index is 2.12. The second kappa shape index (κ2) is 5.04. The number of allylic oxidation sites excluding steroid dienone is 1. The van der Waals surface area contributed by atoms with Crippen molar-refractivity contribution in [1.29, 1.82) is 0 Å². The molecular weight excluding hydrogens is 246 g/mol. The molecule has 0 atom stereocenters. The van der Waals surface area contributed by atoms with Gasteiger partial charge in [-0.25, -0.2) is 0 Å². The maximum Gasteiger partial charge on any atom is 0.0999 e. The lowest BCUT2D eigenvalue weighted by Crippen LogP contribution is -1.94. The Morgan fingerprint density at radius 2 is 1.90 bits per heavy atom. The van der Waals surface area contributed by atoms with Crippen LogP contribution in [0, 0.1) is 6.92 Å². The van der Waals surface area contributed by atoms with Crippen molar-refractivity contribution in [3.8, 4) is 11.3 Å². The summed E-state index contributed by atoms with van der Waals surface area (Å²) >= 11 is 0. The molecule has 20 heavy (non-hydrogen) atoms. The molecule has 0 spiro atoms. The van der Waals surface area contributed by atoms with Gasteiger partial charge >= 0.3 is 0 Å². The third-order valence-corrected chi connectivity index (χ3v) is 3.83. The molecule has 1 aromatic heterocycles. The van der Waals surface area contributed by atoms with E-state index in [0.29, 0.717) is 0 Å². The second-order valence-electron chi connectivity index (χ2n) is 5.22. The molecule has 1 heterocycles. The summed E-state index contributed by atoms with van der Waals surface area (Å²) in [5, 5.41) is 0. The van der Waals surface area contributed by atoms with Crippen LogP contribution in [0.4, 0.5) is 0 Å². The maximum absolute atomic E-state index is 5.40. The van der Waals surface area contributed by atoms with Crippen molar-refractivity contribution in [2.24, 2.45) is 7.05 Å². The predicted octanol–water partition coefficient (Wildman–Crippen LogP) is 4.40. The fraction of sp³-hybridized carbons (Fsp3) is 0.222. The quantitative estimate of drug-likeness (QED) is 0.784. The van der Waals surface area contributed by atoms with Gasteiger partial charge < -0.3 is 9.30 Å².